The molecule has 1 amide bonds. The molecule has 0 aliphatic heterocycles. The van der Waals surface area contributed by atoms with Crippen LogP contribution < -0.4 is 10.2 Å². The lowest BCUT2D eigenvalue weighted by molar-refractivity contribution is 0.102. The van der Waals surface area contributed by atoms with Gasteiger partial charge in [-0.2, -0.15) is 5.26 Å². The first-order chi connectivity index (χ1) is 15.2. The summed E-state index contributed by atoms with van der Waals surface area (Å²) in [6.07, 6.45) is 6.79. The van der Waals surface area contributed by atoms with Crippen molar-refractivity contribution in [2.45, 2.75) is 6.92 Å². The van der Waals surface area contributed by atoms with Crippen LogP contribution in [0.3, 0.4) is 0 Å². The number of aromatic nitrogens is 3. The highest BCUT2D eigenvalue weighted by molar-refractivity contribution is 6.04. The second-order valence-electron chi connectivity index (χ2n) is 6.74. The molecule has 0 spiro atoms. The Morgan fingerprint density at radius 1 is 1.00 bits per heavy atom. The van der Waals surface area contributed by atoms with Gasteiger partial charge >= 0.3 is 0 Å². The number of pyridine rings is 1. The minimum absolute atomic E-state index is 0.261. The van der Waals surface area contributed by atoms with Gasteiger partial charge in [-0.05, 0) is 67.1 Å². The topological polar surface area (TPSA) is 94.8 Å². The standard InChI is InChI=1S/C24H18N6O/c1-17-5-10-20(29-23(31)19-8-6-18(15-25)7-9-19)14-22(17)30(21-4-2-11-26-16-21)24-27-12-3-13-28-24/h2-14,16H,1H3,(H,29,31). The summed E-state index contributed by atoms with van der Waals surface area (Å²) in [5, 5.41) is 11.8. The Morgan fingerprint density at radius 2 is 1.77 bits per heavy atom. The number of nitrogens with zero attached hydrogens (tertiary/aromatic N) is 5. The van der Waals surface area contributed by atoms with Crippen molar-refractivity contribution in [3.05, 3.63) is 102 Å². The van der Waals surface area contributed by atoms with E-state index in [1.807, 2.05) is 48.2 Å². The van der Waals surface area contributed by atoms with Crippen LogP contribution in [0.1, 0.15) is 21.5 Å². The second kappa shape index (κ2) is 8.84. The molecule has 2 aromatic carbocycles. The van der Waals surface area contributed by atoms with E-state index in [4.69, 9.17) is 5.26 Å². The van der Waals surface area contributed by atoms with Crippen LogP contribution in [0.2, 0.25) is 0 Å². The van der Waals surface area contributed by atoms with E-state index >= 15 is 0 Å². The monoisotopic (exact) mass is 406 g/mol. The molecule has 1 N–H and O–H groups in total. The van der Waals surface area contributed by atoms with Crippen molar-refractivity contribution in [1.82, 2.24) is 15.0 Å². The molecule has 0 fully saturated rings. The Morgan fingerprint density at radius 3 is 2.45 bits per heavy atom. The van der Waals surface area contributed by atoms with Gasteiger partial charge in [0.2, 0.25) is 5.95 Å². The van der Waals surface area contributed by atoms with Crippen molar-refractivity contribution in [2.24, 2.45) is 0 Å². The van der Waals surface area contributed by atoms with Crippen molar-refractivity contribution in [2.75, 3.05) is 10.2 Å². The van der Waals surface area contributed by atoms with Crippen molar-refractivity contribution in [1.29, 1.82) is 5.26 Å². The first-order valence-corrected chi connectivity index (χ1v) is 9.55. The first-order valence-electron chi connectivity index (χ1n) is 9.55. The second-order valence-corrected chi connectivity index (χ2v) is 6.74. The Hall–Kier alpha value is -4.57. The Bertz CT molecular complexity index is 1200. The third-order valence-electron chi connectivity index (χ3n) is 4.64. The van der Waals surface area contributed by atoms with E-state index in [9.17, 15) is 4.79 Å². The van der Waals surface area contributed by atoms with Crippen LogP contribution in [-0.2, 0) is 0 Å². The normalized spacial score (nSPS) is 10.2. The van der Waals surface area contributed by atoms with E-state index in [0.29, 0.717) is 22.8 Å². The highest BCUT2D eigenvalue weighted by atomic mass is 16.1. The average Bonchev–Trinajstić information content (AvgIpc) is 2.82. The fraction of sp³-hybridized carbons (Fsp3) is 0.0417. The van der Waals surface area contributed by atoms with Crippen molar-refractivity contribution in [3.8, 4) is 6.07 Å². The van der Waals surface area contributed by atoms with Crippen molar-refractivity contribution < 1.29 is 4.79 Å². The molecule has 0 saturated heterocycles. The third-order valence-corrected chi connectivity index (χ3v) is 4.64. The Kier molecular flexibility index (Phi) is 5.63. The number of nitrogens with one attached hydrogen (secondary N) is 1. The maximum atomic E-state index is 12.7. The predicted octanol–water partition coefficient (Wildman–Crippen LogP) is 4.77. The molecule has 7 heteroatoms. The lowest BCUT2D eigenvalue weighted by atomic mass is 10.1. The number of amides is 1. The Balaban J connectivity index is 1.70. The molecule has 31 heavy (non-hydrogen) atoms. The summed E-state index contributed by atoms with van der Waals surface area (Å²) in [7, 11) is 0. The number of hydrogen-bond acceptors (Lipinski definition) is 6. The fourth-order valence-corrected chi connectivity index (χ4v) is 3.08. The van der Waals surface area contributed by atoms with Crippen LogP contribution in [0, 0.1) is 18.3 Å². The highest BCUT2D eigenvalue weighted by Crippen LogP contribution is 2.35. The van der Waals surface area contributed by atoms with E-state index in [2.05, 4.69) is 20.3 Å². The number of nitriles is 1. The predicted molar refractivity (Wildman–Crippen MR) is 118 cm³/mol. The summed E-state index contributed by atoms with van der Waals surface area (Å²) in [6, 6.07) is 19.7. The summed E-state index contributed by atoms with van der Waals surface area (Å²) in [5.41, 5.74) is 4.19. The minimum atomic E-state index is -0.261. The van der Waals surface area contributed by atoms with Crippen LogP contribution in [0.25, 0.3) is 0 Å². The maximum Gasteiger partial charge on any atom is 0.255 e. The minimum Gasteiger partial charge on any atom is -0.322 e. The van der Waals surface area contributed by atoms with Gasteiger partial charge in [0.25, 0.3) is 5.91 Å². The van der Waals surface area contributed by atoms with Gasteiger partial charge < -0.3 is 5.32 Å². The number of hydrogen-bond donors (Lipinski definition) is 1. The fourth-order valence-electron chi connectivity index (χ4n) is 3.08. The van der Waals surface area contributed by atoms with E-state index < -0.39 is 0 Å². The molecule has 0 aliphatic rings. The lowest BCUT2D eigenvalue weighted by Gasteiger charge is -2.24. The molecule has 0 atom stereocenters. The number of carbonyl (C=O) groups excluding carboxylic acids is 1. The SMILES string of the molecule is Cc1ccc(NC(=O)c2ccc(C#N)cc2)cc1N(c1cccnc1)c1ncccn1. The smallest absolute Gasteiger partial charge is 0.255 e. The molecular weight excluding hydrogens is 388 g/mol. The zero-order valence-electron chi connectivity index (χ0n) is 16.7. The molecule has 0 aliphatic carbocycles. The summed E-state index contributed by atoms with van der Waals surface area (Å²) < 4.78 is 0. The number of aryl methyl sites for hydroxylation is 1. The average molecular weight is 406 g/mol. The third kappa shape index (κ3) is 4.38. The molecule has 2 aromatic heterocycles. The molecule has 0 radical (unpaired) electrons. The first kappa shape index (κ1) is 19.7. The van der Waals surface area contributed by atoms with E-state index in [-0.39, 0.29) is 5.91 Å². The number of benzene rings is 2. The van der Waals surface area contributed by atoms with Crippen LogP contribution >= 0.6 is 0 Å². The van der Waals surface area contributed by atoms with Gasteiger partial charge in [-0.1, -0.05) is 6.07 Å². The van der Waals surface area contributed by atoms with Gasteiger partial charge in [-0.3, -0.25) is 14.7 Å². The van der Waals surface area contributed by atoms with Crippen LogP contribution in [0.15, 0.2) is 85.5 Å². The molecular formula is C24H18N6O. The Labute approximate surface area is 179 Å². The summed E-state index contributed by atoms with van der Waals surface area (Å²) in [5.74, 6) is 0.234. The molecule has 4 aromatic rings. The molecule has 7 nitrogen and oxygen atoms in total. The molecule has 0 saturated carbocycles. The van der Waals surface area contributed by atoms with E-state index in [1.54, 1.807) is 55.1 Å². The summed E-state index contributed by atoms with van der Waals surface area (Å²) >= 11 is 0. The van der Waals surface area contributed by atoms with Crippen molar-refractivity contribution in [3.63, 3.8) is 0 Å². The van der Waals surface area contributed by atoms with Gasteiger partial charge in [-0.15, -0.1) is 0 Å². The lowest BCUT2D eigenvalue weighted by Crippen LogP contribution is -2.16. The molecule has 4 rings (SSSR count). The van der Waals surface area contributed by atoms with Crippen LogP contribution in [0.5, 0.6) is 0 Å². The van der Waals surface area contributed by atoms with Gasteiger partial charge in [0.05, 0.1) is 29.2 Å². The molecule has 2 heterocycles. The summed E-state index contributed by atoms with van der Waals surface area (Å²) in [6.45, 7) is 1.98. The highest BCUT2D eigenvalue weighted by Gasteiger charge is 2.18. The van der Waals surface area contributed by atoms with E-state index in [0.717, 1.165) is 16.9 Å². The zero-order chi connectivity index (χ0) is 21.6. The van der Waals surface area contributed by atoms with Gasteiger partial charge in [0.15, 0.2) is 0 Å². The van der Waals surface area contributed by atoms with E-state index in [1.165, 1.54) is 0 Å². The quantitative estimate of drug-likeness (QED) is 0.513. The molecule has 0 bridgehead atoms. The zero-order valence-corrected chi connectivity index (χ0v) is 16.7. The van der Waals surface area contributed by atoms with Gasteiger partial charge in [-0.25, -0.2) is 9.97 Å². The summed E-state index contributed by atoms with van der Waals surface area (Å²) in [4.78, 5) is 27.6. The molecule has 0 unspecified atom stereocenters. The van der Waals surface area contributed by atoms with Gasteiger partial charge in [0.1, 0.15) is 0 Å². The number of rotatable bonds is 5. The molecule has 150 valence electrons. The largest absolute Gasteiger partial charge is 0.322 e. The van der Waals surface area contributed by atoms with Gasteiger partial charge in [0, 0.05) is 29.8 Å². The van der Waals surface area contributed by atoms with Crippen LogP contribution in [-0.4, -0.2) is 20.9 Å². The number of anilines is 4. The number of carbonyl (C=O) groups is 1. The van der Waals surface area contributed by atoms with Crippen LogP contribution in [0.4, 0.5) is 23.0 Å². The van der Waals surface area contributed by atoms with Crippen molar-refractivity contribution >= 4 is 28.9 Å². The maximum absolute atomic E-state index is 12.7.